The number of aromatic nitrogens is 2. The molecule has 0 amide bonds. The van der Waals surface area contributed by atoms with Gasteiger partial charge in [0.25, 0.3) is 0 Å². The van der Waals surface area contributed by atoms with Crippen molar-refractivity contribution >= 4 is 19.9 Å². The van der Waals surface area contributed by atoms with Crippen molar-refractivity contribution in [2.45, 2.75) is 42.6 Å². The molecule has 0 spiro atoms. The minimum atomic E-state index is -3.68. The van der Waals surface area contributed by atoms with Crippen LogP contribution in [0.4, 0.5) is 0 Å². The van der Waals surface area contributed by atoms with Crippen LogP contribution in [0, 0.1) is 13.8 Å². The first-order chi connectivity index (χ1) is 12.1. The minimum absolute atomic E-state index is 0.155. The Balaban J connectivity index is 1.74. The van der Waals surface area contributed by atoms with Crippen molar-refractivity contribution in [2.24, 2.45) is 7.05 Å². The largest absolute Gasteiger partial charge is 0.468 e. The number of sulfonamides is 1. The number of hydrogen-bond donors (Lipinski definition) is 0. The lowest BCUT2D eigenvalue weighted by Gasteiger charge is -2.30. The molecule has 1 fully saturated rings. The predicted octanol–water partition coefficient (Wildman–Crippen LogP) is 1.40. The van der Waals surface area contributed by atoms with E-state index in [0.717, 1.165) is 0 Å². The first-order valence-electron chi connectivity index (χ1n) is 8.37. The molecule has 0 unspecified atom stereocenters. The summed E-state index contributed by atoms with van der Waals surface area (Å²) in [7, 11) is -5.37. The molecule has 0 aliphatic carbocycles. The van der Waals surface area contributed by atoms with Crippen molar-refractivity contribution in [2.75, 3.05) is 13.1 Å². The van der Waals surface area contributed by atoms with E-state index in [4.69, 9.17) is 4.42 Å². The van der Waals surface area contributed by atoms with Crippen LogP contribution in [-0.2, 0) is 32.7 Å². The van der Waals surface area contributed by atoms with Crippen LogP contribution in [0.2, 0.25) is 0 Å². The Morgan fingerprint density at radius 3 is 2.35 bits per heavy atom. The third-order valence-corrected chi connectivity index (χ3v) is 9.20. The molecule has 1 saturated heterocycles. The topological polar surface area (TPSA) is 102 Å². The third kappa shape index (κ3) is 3.45. The number of piperidine rings is 1. The zero-order valence-corrected chi connectivity index (χ0v) is 16.7. The SMILES string of the molecule is Cc1nn(C)c(C)c1S(=O)(=O)N1CCC(S(=O)(=O)Cc2ccco2)CC1. The average molecular weight is 402 g/mol. The molecule has 2 aromatic rings. The van der Waals surface area contributed by atoms with Gasteiger partial charge >= 0.3 is 0 Å². The van der Waals surface area contributed by atoms with Crippen molar-refractivity contribution in [1.29, 1.82) is 0 Å². The number of sulfone groups is 1. The van der Waals surface area contributed by atoms with Gasteiger partial charge < -0.3 is 4.42 Å². The van der Waals surface area contributed by atoms with Crippen LogP contribution in [0.3, 0.4) is 0 Å². The average Bonchev–Trinajstić information content (AvgIpc) is 3.15. The molecular weight excluding hydrogens is 378 g/mol. The van der Waals surface area contributed by atoms with E-state index >= 15 is 0 Å². The standard InChI is InChI=1S/C16H23N3O5S2/c1-12-16(13(2)18(3)17-12)26(22,23)19-8-6-15(7-9-19)25(20,21)11-14-5-4-10-24-14/h4-5,10,15H,6-9,11H2,1-3H3. The molecule has 0 N–H and O–H groups in total. The zero-order chi connectivity index (χ0) is 19.1. The van der Waals surface area contributed by atoms with Crippen LogP contribution < -0.4 is 0 Å². The van der Waals surface area contributed by atoms with Crippen LogP contribution >= 0.6 is 0 Å². The normalized spacial score (nSPS) is 17.7. The summed E-state index contributed by atoms with van der Waals surface area (Å²) >= 11 is 0. The molecule has 0 aromatic carbocycles. The molecule has 8 nitrogen and oxygen atoms in total. The van der Waals surface area contributed by atoms with Gasteiger partial charge in [-0.3, -0.25) is 4.68 Å². The molecule has 1 aliphatic heterocycles. The van der Waals surface area contributed by atoms with Gasteiger partial charge in [0.15, 0.2) is 9.84 Å². The summed E-state index contributed by atoms with van der Waals surface area (Å²) in [6.45, 7) is 3.74. The van der Waals surface area contributed by atoms with Crippen LogP contribution in [0.25, 0.3) is 0 Å². The van der Waals surface area contributed by atoms with Crippen molar-refractivity contribution < 1.29 is 21.3 Å². The summed E-state index contributed by atoms with van der Waals surface area (Å²) in [5, 5.41) is 3.61. The fourth-order valence-electron chi connectivity index (χ4n) is 3.40. The molecule has 144 valence electrons. The Morgan fingerprint density at radius 2 is 1.85 bits per heavy atom. The molecule has 3 heterocycles. The number of aryl methyl sites for hydroxylation is 2. The maximum atomic E-state index is 13.0. The van der Waals surface area contributed by atoms with Gasteiger partial charge in [0.05, 0.1) is 22.9 Å². The molecule has 10 heteroatoms. The summed E-state index contributed by atoms with van der Waals surface area (Å²) in [4.78, 5) is 0.219. The van der Waals surface area contributed by atoms with E-state index in [1.807, 2.05) is 0 Å². The fraction of sp³-hybridized carbons (Fsp3) is 0.562. The molecule has 0 bridgehead atoms. The molecular formula is C16H23N3O5S2. The van der Waals surface area contributed by atoms with E-state index in [0.29, 0.717) is 17.1 Å². The van der Waals surface area contributed by atoms with E-state index in [1.54, 1.807) is 37.7 Å². The van der Waals surface area contributed by atoms with E-state index < -0.39 is 25.1 Å². The highest BCUT2D eigenvalue weighted by Gasteiger charge is 2.37. The van der Waals surface area contributed by atoms with Crippen molar-refractivity contribution in [3.05, 3.63) is 35.5 Å². The molecule has 1 aliphatic rings. The summed E-state index contributed by atoms with van der Waals surface area (Å²) in [6.07, 6.45) is 2.00. The van der Waals surface area contributed by atoms with Gasteiger partial charge in [0.1, 0.15) is 16.4 Å². The van der Waals surface area contributed by atoms with Crippen molar-refractivity contribution in [3.8, 4) is 0 Å². The molecule has 0 atom stereocenters. The van der Waals surface area contributed by atoms with Crippen LogP contribution in [0.15, 0.2) is 27.7 Å². The maximum Gasteiger partial charge on any atom is 0.246 e. The number of rotatable bonds is 5. The monoisotopic (exact) mass is 401 g/mol. The van der Waals surface area contributed by atoms with Gasteiger partial charge in [-0.1, -0.05) is 0 Å². The highest BCUT2D eigenvalue weighted by atomic mass is 32.2. The van der Waals surface area contributed by atoms with Crippen LogP contribution in [0.1, 0.15) is 30.0 Å². The highest BCUT2D eigenvalue weighted by Crippen LogP contribution is 2.28. The fourth-order valence-corrected chi connectivity index (χ4v) is 6.99. The second-order valence-electron chi connectivity index (χ2n) is 6.61. The molecule has 0 radical (unpaired) electrons. The summed E-state index contributed by atoms with van der Waals surface area (Å²) in [6, 6.07) is 3.28. The molecule has 3 rings (SSSR count). The smallest absolute Gasteiger partial charge is 0.246 e. The lowest BCUT2D eigenvalue weighted by atomic mass is 10.2. The van der Waals surface area contributed by atoms with Crippen molar-refractivity contribution in [1.82, 2.24) is 14.1 Å². The second-order valence-corrected chi connectivity index (χ2v) is 10.8. The van der Waals surface area contributed by atoms with Gasteiger partial charge in [-0.2, -0.15) is 9.40 Å². The van der Waals surface area contributed by atoms with Gasteiger partial charge in [0, 0.05) is 20.1 Å². The number of nitrogens with zero attached hydrogens (tertiary/aromatic N) is 3. The molecule has 26 heavy (non-hydrogen) atoms. The maximum absolute atomic E-state index is 13.0. The Kier molecular flexibility index (Phi) is 5.02. The Hall–Kier alpha value is -1.65. The Morgan fingerprint density at radius 1 is 1.19 bits per heavy atom. The lowest BCUT2D eigenvalue weighted by Crippen LogP contribution is -2.43. The number of furan rings is 1. The Labute approximate surface area is 153 Å². The zero-order valence-electron chi connectivity index (χ0n) is 15.0. The highest BCUT2D eigenvalue weighted by molar-refractivity contribution is 7.91. The Bertz CT molecular complexity index is 983. The van der Waals surface area contributed by atoms with E-state index in [-0.39, 0.29) is 36.6 Å². The minimum Gasteiger partial charge on any atom is -0.468 e. The summed E-state index contributed by atoms with van der Waals surface area (Å²) in [5.41, 5.74) is 1.03. The van der Waals surface area contributed by atoms with E-state index in [1.165, 1.54) is 10.6 Å². The predicted molar refractivity (Wildman–Crippen MR) is 95.8 cm³/mol. The molecule has 0 saturated carbocycles. The molecule has 2 aromatic heterocycles. The summed E-state index contributed by atoms with van der Waals surface area (Å²) in [5.74, 6) is 0.250. The van der Waals surface area contributed by atoms with Gasteiger partial charge in [-0.05, 0) is 38.8 Å². The van der Waals surface area contributed by atoms with Gasteiger partial charge in [0.2, 0.25) is 10.0 Å². The van der Waals surface area contributed by atoms with Gasteiger partial charge in [-0.25, -0.2) is 16.8 Å². The van der Waals surface area contributed by atoms with E-state index in [2.05, 4.69) is 5.10 Å². The third-order valence-electron chi connectivity index (χ3n) is 4.87. The van der Waals surface area contributed by atoms with Crippen molar-refractivity contribution in [3.63, 3.8) is 0 Å². The van der Waals surface area contributed by atoms with Crippen LogP contribution in [-0.4, -0.2) is 49.3 Å². The first kappa shape index (κ1) is 19.1. The van der Waals surface area contributed by atoms with E-state index in [9.17, 15) is 16.8 Å². The first-order valence-corrected chi connectivity index (χ1v) is 11.5. The second kappa shape index (κ2) is 6.82. The summed E-state index contributed by atoms with van der Waals surface area (Å²) < 4.78 is 59.1. The van der Waals surface area contributed by atoms with Crippen LogP contribution in [0.5, 0.6) is 0 Å². The quantitative estimate of drug-likeness (QED) is 0.750. The number of hydrogen-bond acceptors (Lipinski definition) is 6. The van der Waals surface area contributed by atoms with Gasteiger partial charge in [-0.15, -0.1) is 0 Å². The lowest BCUT2D eigenvalue weighted by molar-refractivity contribution is 0.344.